The Balaban J connectivity index is 1.21. The zero-order valence-corrected chi connectivity index (χ0v) is 33.1. The van der Waals surface area contributed by atoms with Crippen molar-refractivity contribution in [3.8, 4) is 5.75 Å². The van der Waals surface area contributed by atoms with E-state index in [1.807, 2.05) is 33.0 Å². The van der Waals surface area contributed by atoms with E-state index in [4.69, 9.17) is 18.9 Å². The molecule has 0 aromatic heterocycles. The molecule has 1 aromatic carbocycles. The van der Waals surface area contributed by atoms with E-state index in [1.54, 1.807) is 6.08 Å². The van der Waals surface area contributed by atoms with Gasteiger partial charge in [-0.05, 0) is 91.5 Å². The van der Waals surface area contributed by atoms with Crippen molar-refractivity contribution in [1.82, 2.24) is 4.90 Å². The lowest BCUT2D eigenvalue weighted by atomic mass is 9.54. The van der Waals surface area contributed by atoms with Gasteiger partial charge in [-0.2, -0.15) is 0 Å². The minimum Gasteiger partial charge on any atom is -0.481 e. The molecule has 4 rings (SSSR count). The molecule has 0 unspecified atom stereocenters. The molecule has 1 aliphatic carbocycles. The lowest BCUT2D eigenvalue weighted by Crippen LogP contribution is -2.71. The van der Waals surface area contributed by atoms with E-state index in [-0.39, 0.29) is 31.2 Å². The Hall–Kier alpha value is -3.21. The van der Waals surface area contributed by atoms with Crippen LogP contribution in [-0.4, -0.2) is 76.6 Å². The molecule has 3 aliphatic rings. The van der Waals surface area contributed by atoms with Gasteiger partial charge in [-0.25, -0.2) is 9.59 Å². The average molecular weight is 740 g/mol. The van der Waals surface area contributed by atoms with Crippen molar-refractivity contribution in [2.75, 3.05) is 13.6 Å². The Bertz CT molecular complexity index is 1460. The number of likely N-dealkylation sites (N-methyl/N-ethyl adjacent to an activating group) is 1. The first kappa shape index (κ1) is 42.5. The third-order valence-corrected chi connectivity index (χ3v) is 11.7. The molecule has 2 heterocycles. The molecular weight excluding hydrogens is 674 g/mol. The van der Waals surface area contributed by atoms with Crippen LogP contribution < -0.4 is 4.74 Å². The van der Waals surface area contributed by atoms with Crippen LogP contribution >= 0.6 is 0 Å². The van der Waals surface area contributed by atoms with Crippen molar-refractivity contribution in [2.45, 2.75) is 179 Å². The van der Waals surface area contributed by atoms with Gasteiger partial charge < -0.3 is 34.1 Å². The summed E-state index contributed by atoms with van der Waals surface area (Å²) < 4.78 is 23.1. The maximum absolute atomic E-state index is 13.3. The van der Waals surface area contributed by atoms with E-state index in [1.165, 1.54) is 58.8 Å². The van der Waals surface area contributed by atoms with Gasteiger partial charge in [0.2, 0.25) is 0 Å². The van der Waals surface area contributed by atoms with Crippen molar-refractivity contribution in [3.05, 3.63) is 52.8 Å². The lowest BCUT2D eigenvalue weighted by Gasteiger charge is -2.58. The van der Waals surface area contributed by atoms with E-state index in [2.05, 4.69) is 24.0 Å². The summed E-state index contributed by atoms with van der Waals surface area (Å²) in [6, 6.07) is 3.50. The monoisotopic (exact) mass is 739 g/mol. The van der Waals surface area contributed by atoms with Crippen LogP contribution in [0.25, 0.3) is 0 Å². The van der Waals surface area contributed by atoms with Gasteiger partial charge in [0.25, 0.3) is 0 Å². The summed E-state index contributed by atoms with van der Waals surface area (Å²) in [7, 11) is 1.98. The van der Waals surface area contributed by atoms with Crippen LogP contribution in [0, 0.1) is 6.92 Å². The average Bonchev–Trinajstić information content (AvgIpc) is 3.50. The van der Waals surface area contributed by atoms with E-state index in [9.17, 15) is 24.6 Å². The van der Waals surface area contributed by atoms with E-state index in [0.717, 1.165) is 43.2 Å². The molecule has 1 saturated heterocycles. The van der Waals surface area contributed by atoms with Crippen LogP contribution in [0.15, 0.2) is 36.1 Å². The number of unbranched alkanes of at least 4 members (excludes halogenated alkanes) is 11. The van der Waals surface area contributed by atoms with Crippen LogP contribution in [0.3, 0.4) is 0 Å². The Labute approximate surface area is 317 Å². The number of ether oxygens (including phenoxy) is 4. The number of benzene rings is 1. The second-order valence-corrected chi connectivity index (χ2v) is 15.5. The van der Waals surface area contributed by atoms with E-state index >= 15 is 0 Å². The first-order valence-electron chi connectivity index (χ1n) is 20.2. The summed E-state index contributed by atoms with van der Waals surface area (Å²) in [5.41, 5.74) is 0.171. The van der Waals surface area contributed by atoms with Crippen molar-refractivity contribution < 1.29 is 43.5 Å². The number of allylic oxidation sites excluding steroid dienone is 2. The number of aryl methyl sites for hydroxylation is 1. The predicted molar refractivity (Wildman–Crippen MR) is 204 cm³/mol. The molecule has 0 amide bonds. The number of carbonyl (C=O) groups excluding carboxylic acids is 3. The highest BCUT2D eigenvalue weighted by Gasteiger charge is 2.69. The number of likely N-dealkylation sites (tertiary alicyclic amines) is 1. The van der Waals surface area contributed by atoms with Gasteiger partial charge in [-0.15, -0.1) is 0 Å². The molecular formula is C43H65NO9. The number of esters is 3. The van der Waals surface area contributed by atoms with E-state index in [0.29, 0.717) is 30.7 Å². The Kier molecular flexibility index (Phi) is 16.0. The summed E-state index contributed by atoms with van der Waals surface area (Å²) in [4.78, 5) is 40.7. The highest BCUT2D eigenvalue weighted by Crippen LogP contribution is 2.61. The summed E-state index contributed by atoms with van der Waals surface area (Å²) in [5.74, 6) is -1.38. The van der Waals surface area contributed by atoms with Crippen molar-refractivity contribution in [3.63, 3.8) is 0 Å². The minimum absolute atomic E-state index is 0.209. The van der Waals surface area contributed by atoms with Crippen LogP contribution in [-0.2, 0) is 40.6 Å². The summed E-state index contributed by atoms with van der Waals surface area (Å²) >= 11 is 0. The van der Waals surface area contributed by atoms with Gasteiger partial charge in [-0.3, -0.25) is 4.79 Å². The van der Waals surface area contributed by atoms with Gasteiger partial charge in [0.15, 0.2) is 18.3 Å². The van der Waals surface area contributed by atoms with Gasteiger partial charge >= 0.3 is 17.9 Å². The molecule has 2 N–H and O–H groups in total. The van der Waals surface area contributed by atoms with Crippen LogP contribution in [0.5, 0.6) is 5.75 Å². The van der Waals surface area contributed by atoms with Gasteiger partial charge in [0.1, 0.15) is 11.5 Å². The van der Waals surface area contributed by atoms with E-state index < -0.39 is 47.2 Å². The normalized spacial score (nSPS) is 24.7. The molecule has 0 saturated carbocycles. The number of hydrogen-bond acceptors (Lipinski definition) is 10. The number of nitrogens with zero attached hydrogens (tertiary/aromatic N) is 1. The zero-order valence-electron chi connectivity index (χ0n) is 33.1. The maximum atomic E-state index is 13.3. The quantitative estimate of drug-likeness (QED) is 0.0560. The highest BCUT2D eigenvalue weighted by molar-refractivity contribution is 5.83. The zero-order chi connectivity index (χ0) is 38.6. The molecule has 1 fully saturated rings. The summed E-state index contributed by atoms with van der Waals surface area (Å²) in [5, 5.41) is 22.6. The van der Waals surface area contributed by atoms with Gasteiger partial charge in [0, 0.05) is 30.0 Å². The Morgan fingerprint density at radius 1 is 0.943 bits per heavy atom. The molecule has 10 nitrogen and oxygen atoms in total. The Morgan fingerprint density at radius 2 is 1.57 bits per heavy atom. The molecule has 0 bridgehead atoms. The van der Waals surface area contributed by atoms with Crippen LogP contribution in [0.4, 0.5) is 0 Å². The fourth-order valence-electron chi connectivity index (χ4n) is 8.36. The fraction of sp³-hybridized carbons (Fsp3) is 0.698. The third-order valence-electron chi connectivity index (χ3n) is 11.7. The predicted octanol–water partition coefficient (Wildman–Crippen LogP) is 7.67. The molecule has 2 aliphatic heterocycles. The molecule has 1 spiro atoms. The van der Waals surface area contributed by atoms with Crippen molar-refractivity contribution >= 4 is 17.9 Å². The number of hydrogen-bond donors (Lipinski definition) is 2. The molecule has 10 heteroatoms. The first-order valence-corrected chi connectivity index (χ1v) is 20.2. The summed E-state index contributed by atoms with van der Waals surface area (Å²) in [6.07, 6.45) is 19.1. The molecule has 296 valence electrons. The number of fused-ring (bicyclic) bond motifs is 1. The van der Waals surface area contributed by atoms with Crippen molar-refractivity contribution in [1.29, 1.82) is 0 Å². The first-order chi connectivity index (χ1) is 25.4. The summed E-state index contributed by atoms with van der Waals surface area (Å²) in [6.45, 7) is 9.46. The SMILES string of the molecule is CCCCCCCC/C=C\CCCCCCCC(=O)O[C@@H](C)C(=O)O[C@@H](C)C(=O)OC1=CC[C@@]2(O)[C@@H](C)N(C)CC[C@@]23c2c(C)ccc(CO)c2O[C@@H]13. The third kappa shape index (κ3) is 9.92. The second-order valence-electron chi connectivity index (χ2n) is 15.5. The van der Waals surface area contributed by atoms with Crippen LogP contribution in [0.2, 0.25) is 0 Å². The smallest absolute Gasteiger partial charge is 0.352 e. The molecule has 1 aromatic rings. The fourth-order valence-corrected chi connectivity index (χ4v) is 8.36. The topological polar surface area (TPSA) is 132 Å². The molecule has 0 radical (unpaired) electrons. The number of carbonyl (C=O) groups is 3. The van der Waals surface area contributed by atoms with Gasteiger partial charge in [-0.1, -0.05) is 82.6 Å². The van der Waals surface area contributed by atoms with Crippen molar-refractivity contribution in [2.24, 2.45) is 0 Å². The lowest BCUT2D eigenvalue weighted by molar-refractivity contribution is -0.178. The van der Waals surface area contributed by atoms with Gasteiger partial charge in [0.05, 0.1) is 17.6 Å². The number of piperidine rings is 1. The largest absolute Gasteiger partial charge is 0.481 e. The molecule has 53 heavy (non-hydrogen) atoms. The van der Waals surface area contributed by atoms with Crippen LogP contribution in [0.1, 0.15) is 147 Å². The standard InChI is InChI=1S/C43H65NO9/c1-7-8-9-10-11-12-13-14-15-16-17-18-19-20-21-22-36(46)50-31(3)40(47)51-32(4)41(48)52-35-25-26-43(49)33(5)44(6)28-27-42(43)37-30(2)23-24-34(29-45)38(37)53-39(35)42/h14-15,23-25,31-33,39,45,49H,7-13,16-22,26-29H2,1-6H3/b15-14-/t31-,32-,33+,39-,42-,43+/m0/s1. The minimum atomic E-state index is -1.29. The molecule has 6 atom stereocenters. The number of rotatable bonds is 21. The maximum Gasteiger partial charge on any atom is 0.352 e. The Morgan fingerprint density at radius 3 is 2.23 bits per heavy atom. The number of aliphatic hydroxyl groups is 2. The second kappa shape index (κ2) is 19.9. The number of aliphatic hydroxyl groups excluding tert-OH is 1. The highest BCUT2D eigenvalue weighted by atomic mass is 16.6.